The molecule has 0 aliphatic heterocycles. The molecule has 1 aliphatic carbocycles. The Labute approximate surface area is 236 Å². The highest BCUT2D eigenvalue weighted by atomic mass is 35.5. The second-order valence-corrected chi connectivity index (χ2v) is 12.9. The summed E-state index contributed by atoms with van der Waals surface area (Å²) < 4.78 is 36.0. The van der Waals surface area contributed by atoms with E-state index in [-0.39, 0.29) is 23.7 Å². The van der Waals surface area contributed by atoms with Crippen LogP contribution in [0.15, 0.2) is 64.8 Å². The number of anilines is 2. The predicted molar refractivity (Wildman–Crippen MR) is 153 cm³/mol. The fraction of sp³-hybridized carbons (Fsp3) is 0.346. The van der Waals surface area contributed by atoms with Crippen molar-refractivity contribution < 1.29 is 23.1 Å². The van der Waals surface area contributed by atoms with Gasteiger partial charge in [0, 0.05) is 34.6 Å². The van der Waals surface area contributed by atoms with Gasteiger partial charge in [0.25, 0.3) is 0 Å². The molecule has 39 heavy (non-hydrogen) atoms. The summed E-state index contributed by atoms with van der Waals surface area (Å²) in [6.45, 7) is 4.95. The number of ether oxygens (including phenoxy) is 1. The molecular weight excluding hydrogens is 565 g/mol. The molecule has 2 aromatic heterocycles. The van der Waals surface area contributed by atoms with Gasteiger partial charge in [-0.1, -0.05) is 23.2 Å². The van der Waals surface area contributed by atoms with Crippen LogP contribution in [0.5, 0.6) is 0 Å². The van der Waals surface area contributed by atoms with E-state index < -0.39 is 33.4 Å². The maximum atomic E-state index is 13.8. The van der Waals surface area contributed by atoms with Crippen LogP contribution in [0, 0.1) is 0 Å². The number of hydrogen-bond donors (Lipinski definition) is 2. The van der Waals surface area contributed by atoms with Gasteiger partial charge in [0.1, 0.15) is 23.2 Å². The molecule has 1 aliphatic rings. The number of aromatic nitrogens is 3. The van der Waals surface area contributed by atoms with E-state index in [1.807, 2.05) is 10.6 Å². The first kappa shape index (κ1) is 28.9. The van der Waals surface area contributed by atoms with E-state index in [1.165, 1.54) is 12.2 Å². The van der Waals surface area contributed by atoms with E-state index in [9.17, 15) is 13.2 Å². The molecule has 10 nitrogen and oxygen atoms in total. The molecule has 0 spiro atoms. The summed E-state index contributed by atoms with van der Waals surface area (Å²) in [6.07, 6.45) is 4.74. The standard InChI is InChI=1S/C26H29Cl2N5O5S/c1-26(2,3)38-25(35)16-33(39(36,37)21-14-18(27)13-19(28)15-21)20-4-5-22-17(12-20)8-10-32(22)24-7-6-23(30-31-24)29-9-11-34/h4-8,10,12-14,21,34H,9,11,15-16H2,1-3H3,(H,29,30). The van der Waals surface area contributed by atoms with Crippen LogP contribution >= 0.6 is 23.2 Å². The lowest BCUT2D eigenvalue weighted by molar-refractivity contribution is -0.152. The smallest absolute Gasteiger partial charge is 0.327 e. The van der Waals surface area contributed by atoms with Crippen molar-refractivity contribution >= 4 is 61.6 Å². The van der Waals surface area contributed by atoms with Crippen molar-refractivity contribution in [3.05, 3.63) is 64.8 Å². The largest absolute Gasteiger partial charge is 0.459 e. The van der Waals surface area contributed by atoms with Crippen LogP contribution in [-0.2, 0) is 19.6 Å². The molecular formula is C26H29Cl2N5O5S. The zero-order valence-electron chi connectivity index (χ0n) is 21.6. The van der Waals surface area contributed by atoms with Gasteiger partial charge in [0.2, 0.25) is 10.0 Å². The fourth-order valence-electron chi connectivity index (χ4n) is 4.08. The normalized spacial score (nSPS) is 16.0. The SMILES string of the molecule is CC(C)(C)OC(=O)CN(c1ccc2c(ccn2-c2ccc(NCCO)nn2)c1)S(=O)(=O)C1C=C(Cl)C=C(Cl)C1. The number of nitrogens with one attached hydrogen (secondary N) is 1. The van der Waals surface area contributed by atoms with Crippen LogP contribution < -0.4 is 9.62 Å². The van der Waals surface area contributed by atoms with Crippen molar-refractivity contribution in [1.82, 2.24) is 14.8 Å². The number of aliphatic hydroxyl groups is 1. The lowest BCUT2D eigenvalue weighted by Crippen LogP contribution is -2.43. The third-order valence-corrected chi connectivity index (χ3v) is 8.22. The van der Waals surface area contributed by atoms with Gasteiger partial charge in [-0.15, -0.1) is 10.2 Å². The topological polar surface area (TPSA) is 127 Å². The Morgan fingerprint density at radius 1 is 1.21 bits per heavy atom. The van der Waals surface area contributed by atoms with Crippen LogP contribution in [0.3, 0.4) is 0 Å². The summed E-state index contributed by atoms with van der Waals surface area (Å²) >= 11 is 12.3. The summed E-state index contributed by atoms with van der Waals surface area (Å²) in [5, 5.41) is 20.4. The van der Waals surface area contributed by atoms with Gasteiger partial charge in [0.15, 0.2) is 5.82 Å². The first-order valence-corrected chi connectivity index (χ1v) is 14.4. The monoisotopic (exact) mass is 593 g/mol. The van der Waals surface area contributed by atoms with Gasteiger partial charge in [-0.25, -0.2) is 8.42 Å². The van der Waals surface area contributed by atoms with E-state index in [0.717, 1.165) is 15.2 Å². The minimum Gasteiger partial charge on any atom is -0.459 e. The summed E-state index contributed by atoms with van der Waals surface area (Å²) in [4.78, 5) is 12.8. The Morgan fingerprint density at radius 2 is 1.97 bits per heavy atom. The number of carbonyl (C=O) groups is 1. The number of benzene rings is 1. The highest BCUT2D eigenvalue weighted by Gasteiger charge is 2.35. The van der Waals surface area contributed by atoms with Crippen molar-refractivity contribution in [3.63, 3.8) is 0 Å². The molecule has 4 rings (SSSR count). The third kappa shape index (κ3) is 6.91. The Balaban J connectivity index is 1.70. The second kappa shape index (κ2) is 11.5. The molecule has 1 atom stereocenters. The highest BCUT2D eigenvalue weighted by Crippen LogP contribution is 2.33. The van der Waals surface area contributed by atoms with Crippen LogP contribution in [0.25, 0.3) is 16.7 Å². The van der Waals surface area contributed by atoms with E-state index in [4.69, 9.17) is 33.0 Å². The van der Waals surface area contributed by atoms with Crippen LogP contribution in [0.4, 0.5) is 11.5 Å². The van der Waals surface area contributed by atoms with E-state index in [2.05, 4.69) is 15.5 Å². The van der Waals surface area contributed by atoms with Crippen molar-refractivity contribution in [2.75, 3.05) is 29.3 Å². The summed E-state index contributed by atoms with van der Waals surface area (Å²) in [5.41, 5.74) is 0.249. The van der Waals surface area contributed by atoms with Crippen molar-refractivity contribution in [1.29, 1.82) is 0 Å². The maximum absolute atomic E-state index is 13.8. The zero-order chi connectivity index (χ0) is 28.4. The summed E-state index contributed by atoms with van der Waals surface area (Å²) in [5.74, 6) is 0.386. The minimum atomic E-state index is -4.13. The van der Waals surface area contributed by atoms with Crippen LogP contribution in [-0.4, -0.2) is 64.8 Å². The first-order valence-electron chi connectivity index (χ1n) is 12.1. The fourth-order valence-corrected chi connectivity index (χ4v) is 6.59. The van der Waals surface area contributed by atoms with Crippen molar-refractivity contribution in [2.24, 2.45) is 0 Å². The number of halogens is 2. The molecule has 0 bridgehead atoms. The zero-order valence-corrected chi connectivity index (χ0v) is 24.0. The molecule has 0 fully saturated rings. The highest BCUT2D eigenvalue weighted by molar-refractivity contribution is 7.93. The van der Waals surface area contributed by atoms with Crippen molar-refractivity contribution in [3.8, 4) is 5.82 Å². The first-order chi connectivity index (χ1) is 18.4. The minimum absolute atomic E-state index is 0.0253. The Kier molecular flexibility index (Phi) is 8.55. The molecule has 2 heterocycles. The number of sulfonamides is 1. The molecule has 13 heteroatoms. The molecule has 208 valence electrons. The Hall–Kier alpha value is -3.12. The summed E-state index contributed by atoms with van der Waals surface area (Å²) in [6, 6.07) is 10.4. The Bertz CT molecular complexity index is 1530. The number of fused-ring (bicyclic) bond motifs is 1. The molecule has 1 aromatic carbocycles. The number of aliphatic hydroxyl groups excluding tert-OH is 1. The van der Waals surface area contributed by atoms with E-state index >= 15 is 0 Å². The quantitative estimate of drug-likeness (QED) is 0.351. The number of rotatable bonds is 9. The molecule has 1 unspecified atom stereocenters. The molecule has 0 amide bonds. The van der Waals surface area contributed by atoms with Gasteiger partial charge in [-0.2, -0.15) is 0 Å². The number of esters is 1. The molecule has 3 aromatic rings. The van der Waals surface area contributed by atoms with E-state index in [1.54, 1.807) is 57.3 Å². The average molecular weight is 595 g/mol. The van der Waals surface area contributed by atoms with Gasteiger partial charge in [-0.05, 0) is 69.3 Å². The number of allylic oxidation sites excluding steroid dienone is 3. The van der Waals surface area contributed by atoms with Gasteiger partial charge in [-0.3, -0.25) is 13.7 Å². The van der Waals surface area contributed by atoms with Crippen LogP contribution in [0.2, 0.25) is 0 Å². The molecule has 0 saturated heterocycles. The van der Waals surface area contributed by atoms with Crippen LogP contribution in [0.1, 0.15) is 27.2 Å². The summed E-state index contributed by atoms with van der Waals surface area (Å²) in [7, 11) is -4.13. The third-order valence-electron chi connectivity index (χ3n) is 5.70. The Morgan fingerprint density at radius 3 is 2.62 bits per heavy atom. The number of carbonyl (C=O) groups excluding carboxylic acids is 1. The lowest BCUT2D eigenvalue weighted by Gasteiger charge is -2.30. The van der Waals surface area contributed by atoms with Gasteiger partial charge < -0.3 is 15.2 Å². The lowest BCUT2D eigenvalue weighted by atomic mass is 10.2. The second-order valence-electron chi connectivity index (χ2n) is 9.88. The maximum Gasteiger partial charge on any atom is 0.327 e. The van der Waals surface area contributed by atoms with Gasteiger partial charge in [0.05, 0.1) is 17.8 Å². The molecule has 0 radical (unpaired) electrons. The number of nitrogens with zero attached hydrogens (tertiary/aromatic N) is 4. The van der Waals surface area contributed by atoms with Gasteiger partial charge >= 0.3 is 5.97 Å². The molecule has 2 N–H and O–H groups in total. The average Bonchev–Trinajstić information content (AvgIpc) is 3.28. The molecule has 0 saturated carbocycles. The number of hydrogen-bond acceptors (Lipinski definition) is 8. The van der Waals surface area contributed by atoms with E-state index in [0.29, 0.717) is 23.2 Å². The van der Waals surface area contributed by atoms with Crippen molar-refractivity contribution in [2.45, 2.75) is 38.0 Å². The predicted octanol–water partition coefficient (Wildman–Crippen LogP) is 4.32.